The molecular formula is C28H48N4O5. The minimum Gasteiger partial charge on any atom is -0.453 e. The van der Waals surface area contributed by atoms with Crippen molar-refractivity contribution in [2.24, 2.45) is 17.8 Å². The van der Waals surface area contributed by atoms with Gasteiger partial charge in [0.1, 0.15) is 0 Å². The number of rotatable bonds is 4. The maximum absolute atomic E-state index is 13.2. The third-order valence-electron chi connectivity index (χ3n) is 9.46. The molecule has 0 aromatic rings. The molecule has 4 aliphatic rings. The second-order valence-corrected chi connectivity index (χ2v) is 12.3. The van der Waals surface area contributed by atoms with Crippen molar-refractivity contribution >= 4 is 18.1 Å². The molecule has 3 unspecified atom stereocenters. The van der Waals surface area contributed by atoms with Gasteiger partial charge in [-0.2, -0.15) is 0 Å². The fraction of sp³-hybridized carbons (Fsp3) is 0.893. The summed E-state index contributed by atoms with van der Waals surface area (Å²) in [5, 5.41) is 0. The van der Waals surface area contributed by atoms with Crippen LogP contribution in [-0.4, -0.2) is 109 Å². The molecule has 0 bridgehead atoms. The molecular weight excluding hydrogens is 472 g/mol. The molecule has 210 valence electrons. The van der Waals surface area contributed by atoms with Crippen LogP contribution in [0.25, 0.3) is 0 Å². The lowest BCUT2D eigenvalue weighted by Crippen LogP contribution is -2.67. The van der Waals surface area contributed by atoms with Gasteiger partial charge in [-0.15, -0.1) is 0 Å². The highest BCUT2D eigenvalue weighted by molar-refractivity contribution is 5.79. The average Bonchev–Trinajstić information content (AvgIpc) is 3.37. The van der Waals surface area contributed by atoms with Crippen molar-refractivity contribution in [3.8, 4) is 0 Å². The summed E-state index contributed by atoms with van der Waals surface area (Å²) in [6, 6.07) is 0.241. The zero-order chi connectivity index (χ0) is 26.9. The number of piperazine rings is 1. The Kier molecular flexibility index (Phi) is 8.92. The van der Waals surface area contributed by atoms with Crippen LogP contribution in [0.5, 0.6) is 0 Å². The Bertz CT molecular complexity index is 827. The summed E-state index contributed by atoms with van der Waals surface area (Å²) in [7, 11) is 5.62. The molecule has 0 aromatic carbocycles. The van der Waals surface area contributed by atoms with Crippen LogP contribution in [0, 0.1) is 17.8 Å². The van der Waals surface area contributed by atoms with Gasteiger partial charge in [0.05, 0.1) is 31.3 Å². The number of methoxy groups -OCH3 is 1. The lowest BCUT2D eigenvalue weighted by molar-refractivity contribution is -0.136. The summed E-state index contributed by atoms with van der Waals surface area (Å²) in [6.45, 7) is 7.92. The summed E-state index contributed by atoms with van der Waals surface area (Å²) >= 11 is 0. The number of carbonyl (C=O) groups is 3. The SMILES string of the molecule is COC(=O)N1C2CCC(C3CCC(C(=O)N4CC[C@@H](N(C)C)C4)CC3)CC2N(C(=O)OC(C)C)C[C@@H]1C. The molecule has 3 amide bonds. The maximum atomic E-state index is 13.2. The zero-order valence-electron chi connectivity index (χ0n) is 23.7. The predicted octanol–water partition coefficient (Wildman–Crippen LogP) is 3.81. The summed E-state index contributed by atoms with van der Waals surface area (Å²) in [4.78, 5) is 47.0. The van der Waals surface area contributed by atoms with E-state index in [-0.39, 0.29) is 42.3 Å². The highest BCUT2D eigenvalue weighted by Gasteiger charge is 2.49. The van der Waals surface area contributed by atoms with Crippen molar-refractivity contribution in [1.29, 1.82) is 0 Å². The van der Waals surface area contributed by atoms with E-state index in [1.807, 2.05) is 30.6 Å². The van der Waals surface area contributed by atoms with Gasteiger partial charge in [-0.25, -0.2) is 9.59 Å². The zero-order valence-corrected chi connectivity index (χ0v) is 23.7. The normalized spacial score (nSPS) is 34.5. The summed E-state index contributed by atoms with van der Waals surface area (Å²) in [5.41, 5.74) is 0. The number of amides is 3. The quantitative estimate of drug-likeness (QED) is 0.561. The van der Waals surface area contributed by atoms with Crippen LogP contribution < -0.4 is 0 Å². The Labute approximate surface area is 222 Å². The molecule has 9 heteroatoms. The van der Waals surface area contributed by atoms with Crippen molar-refractivity contribution in [1.82, 2.24) is 19.6 Å². The van der Waals surface area contributed by atoms with Gasteiger partial charge in [0.2, 0.25) is 5.91 Å². The Morgan fingerprint density at radius 1 is 0.865 bits per heavy atom. The van der Waals surface area contributed by atoms with Gasteiger partial charge in [0.15, 0.2) is 0 Å². The van der Waals surface area contributed by atoms with Crippen LogP contribution in [0.3, 0.4) is 0 Å². The second kappa shape index (κ2) is 11.8. The van der Waals surface area contributed by atoms with Crippen LogP contribution in [-0.2, 0) is 14.3 Å². The Morgan fingerprint density at radius 3 is 2.14 bits per heavy atom. The minimum absolute atomic E-state index is 0.0510. The predicted molar refractivity (Wildman–Crippen MR) is 141 cm³/mol. The summed E-state index contributed by atoms with van der Waals surface area (Å²) in [6.07, 6.45) is 7.11. The molecule has 2 saturated carbocycles. The van der Waals surface area contributed by atoms with Crippen molar-refractivity contribution in [2.75, 3.05) is 40.8 Å². The van der Waals surface area contributed by atoms with Gasteiger partial charge in [-0.3, -0.25) is 9.69 Å². The van der Waals surface area contributed by atoms with E-state index < -0.39 is 0 Å². The van der Waals surface area contributed by atoms with Crippen LogP contribution in [0.15, 0.2) is 0 Å². The molecule has 2 aliphatic heterocycles. The fourth-order valence-electron chi connectivity index (χ4n) is 7.44. The van der Waals surface area contributed by atoms with E-state index >= 15 is 0 Å². The molecule has 4 rings (SSSR count). The van der Waals surface area contributed by atoms with Crippen LogP contribution in [0.4, 0.5) is 9.59 Å². The third-order valence-corrected chi connectivity index (χ3v) is 9.46. The van der Waals surface area contributed by atoms with Crippen LogP contribution >= 0.6 is 0 Å². The molecule has 2 heterocycles. The number of carbonyl (C=O) groups excluding carboxylic acids is 3. The molecule has 2 aliphatic carbocycles. The number of likely N-dealkylation sites (N-methyl/N-ethyl adjacent to an activating group) is 1. The van der Waals surface area contributed by atoms with Gasteiger partial charge in [-0.1, -0.05) is 0 Å². The molecule has 4 fully saturated rings. The molecule has 5 atom stereocenters. The molecule has 37 heavy (non-hydrogen) atoms. The smallest absolute Gasteiger partial charge is 0.410 e. The standard InChI is InChI=1S/C28H48N4O5/c1-18(2)37-27(34)31-16-19(3)32(28(35)36-6)24-12-11-22(15-25(24)31)20-7-9-21(10-8-20)26(33)30-14-13-23(17-30)29(4)5/h18-25H,7-17H2,1-6H3/t19-,20?,21?,22?,23+,24?,25?/m0/s1. The highest BCUT2D eigenvalue weighted by atomic mass is 16.6. The van der Waals surface area contributed by atoms with E-state index in [0.29, 0.717) is 30.3 Å². The Balaban J connectivity index is 1.39. The van der Waals surface area contributed by atoms with E-state index in [1.54, 1.807) is 0 Å². The molecule has 0 radical (unpaired) electrons. The lowest BCUT2D eigenvalue weighted by atomic mass is 9.68. The molecule has 0 N–H and O–H groups in total. The van der Waals surface area contributed by atoms with E-state index in [1.165, 1.54) is 7.11 Å². The second-order valence-electron chi connectivity index (χ2n) is 12.3. The summed E-state index contributed by atoms with van der Waals surface area (Å²) in [5.74, 6) is 1.55. The molecule has 0 spiro atoms. The molecule has 0 aromatic heterocycles. The van der Waals surface area contributed by atoms with E-state index in [0.717, 1.165) is 64.5 Å². The molecule has 2 saturated heterocycles. The summed E-state index contributed by atoms with van der Waals surface area (Å²) < 4.78 is 10.7. The van der Waals surface area contributed by atoms with E-state index in [2.05, 4.69) is 23.9 Å². The van der Waals surface area contributed by atoms with Crippen molar-refractivity contribution in [2.45, 2.75) is 102 Å². The average molecular weight is 521 g/mol. The maximum Gasteiger partial charge on any atom is 0.410 e. The van der Waals surface area contributed by atoms with Crippen LogP contribution in [0.1, 0.15) is 72.1 Å². The number of hydrogen-bond acceptors (Lipinski definition) is 6. The number of likely N-dealkylation sites (tertiary alicyclic amines) is 1. The minimum atomic E-state index is -0.310. The topological polar surface area (TPSA) is 82.6 Å². The Hall–Kier alpha value is -2.03. The fourth-order valence-corrected chi connectivity index (χ4v) is 7.44. The highest BCUT2D eigenvalue weighted by Crippen LogP contribution is 2.44. The first-order chi connectivity index (χ1) is 17.6. The van der Waals surface area contributed by atoms with Crippen molar-refractivity contribution in [3.05, 3.63) is 0 Å². The van der Waals surface area contributed by atoms with Crippen LogP contribution in [0.2, 0.25) is 0 Å². The first-order valence-electron chi connectivity index (χ1n) is 14.4. The lowest BCUT2D eigenvalue weighted by Gasteiger charge is -2.54. The molecule has 9 nitrogen and oxygen atoms in total. The van der Waals surface area contributed by atoms with E-state index in [9.17, 15) is 14.4 Å². The van der Waals surface area contributed by atoms with Crippen molar-refractivity contribution < 1.29 is 23.9 Å². The van der Waals surface area contributed by atoms with E-state index in [4.69, 9.17) is 9.47 Å². The Morgan fingerprint density at radius 2 is 1.54 bits per heavy atom. The number of ether oxygens (including phenoxy) is 2. The monoisotopic (exact) mass is 520 g/mol. The first-order valence-corrected chi connectivity index (χ1v) is 14.4. The first kappa shape index (κ1) is 28.0. The third kappa shape index (κ3) is 6.02. The largest absolute Gasteiger partial charge is 0.453 e. The van der Waals surface area contributed by atoms with Gasteiger partial charge < -0.3 is 24.2 Å². The van der Waals surface area contributed by atoms with Gasteiger partial charge in [0.25, 0.3) is 0 Å². The number of nitrogens with zero attached hydrogens (tertiary/aromatic N) is 4. The number of fused-ring (bicyclic) bond motifs is 1. The number of hydrogen-bond donors (Lipinski definition) is 0. The van der Waals surface area contributed by atoms with Gasteiger partial charge in [-0.05, 0) is 98.1 Å². The van der Waals surface area contributed by atoms with Gasteiger partial charge in [0, 0.05) is 31.6 Å². The van der Waals surface area contributed by atoms with Gasteiger partial charge >= 0.3 is 12.2 Å². The van der Waals surface area contributed by atoms with Crippen molar-refractivity contribution in [3.63, 3.8) is 0 Å².